The number of nitrogens with zero attached hydrogens (tertiary/aromatic N) is 1. The number of rotatable bonds is 8. The second-order valence-electron chi connectivity index (χ2n) is 7.18. The van der Waals surface area contributed by atoms with Crippen LogP contribution in [0.1, 0.15) is 29.6 Å². The van der Waals surface area contributed by atoms with E-state index in [0.29, 0.717) is 49.5 Å². The molecule has 30 heavy (non-hydrogen) atoms. The molecule has 2 aromatic rings. The smallest absolute Gasteiger partial charge is 0.251 e. The Labute approximate surface area is 174 Å². The molecule has 1 aliphatic rings. The molecule has 0 aliphatic carbocycles. The molecule has 0 saturated carbocycles. The van der Waals surface area contributed by atoms with Crippen LogP contribution < -0.4 is 20.3 Å². The SMILES string of the molecule is COc1ccc(C(=O)NCCCC(=O)NC2CCN(c3ccc(F)cc3F)C2)cc1. The van der Waals surface area contributed by atoms with Gasteiger partial charge in [-0.25, -0.2) is 8.78 Å². The fraction of sp³-hybridized carbons (Fsp3) is 0.364. The van der Waals surface area contributed by atoms with Gasteiger partial charge in [-0.1, -0.05) is 0 Å². The Balaban J connectivity index is 1.36. The predicted molar refractivity (Wildman–Crippen MR) is 110 cm³/mol. The summed E-state index contributed by atoms with van der Waals surface area (Å²) in [5.41, 5.74) is 0.869. The van der Waals surface area contributed by atoms with E-state index in [4.69, 9.17) is 4.74 Å². The van der Waals surface area contributed by atoms with E-state index < -0.39 is 11.6 Å². The number of anilines is 1. The summed E-state index contributed by atoms with van der Waals surface area (Å²) in [5.74, 6) is -0.851. The molecule has 6 nitrogen and oxygen atoms in total. The van der Waals surface area contributed by atoms with Crippen molar-refractivity contribution in [3.8, 4) is 5.75 Å². The van der Waals surface area contributed by atoms with Gasteiger partial charge in [0.25, 0.3) is 5.91 Å². The predicted octanol–water partition coefficient (Wildman–Crippen LogP) is 2.88. The van der Waals surface area contributed by atoms with Crippen molar-refractivity contribution in [3.63, 3.8) is 0 Å². The molecular formula is C22H25F2N3O3. The first-order chi connectivity index (χ1) is 14.5. The van der Waals surface area contributed by atoms with Crippen LogP contribution in [0.15, 0.2) is 42.5 Å². The summed E-state index contributed by atoms with van der Waals surface area (Å²) in [5, 5.41) is 5.72. The van der Waals surface area contributed by atoms with Crippen molar-refractivity contribution in [2.24, 2.45) is 0 Å². The van der Waals surface area contributed by atoms with E-state index >= 15 is 0 Å². The summed E-state index contributed by atoms with van der Waals surface area (Å²) in [6, 6.07) is 10.2. The Morgan fingerprint density at radius 3 is 2.63 bits per heavy atom. The third-order valence-electron chi connectivity index (χ3n) is 5.02. The fourth-order valence-electron chi connectivity index (χ4n) is 3.43. The zero-order valence-electron chi connectivity index (χ0n) is 16.8. The Bertz CT molecular complexity index is 890. The first-order valence-electron chi connectivity index (χ1n) is 9.88. The van der Waals surface area contributed by atoms with Gasteiger partial charge < -0.3 is 20.3 Å². The minimum Gasteiger partial charge on any atom is -0.497 e. The number of methoxy groups -OCH3 is 1. The monoisotopic (exact) mass is 417 g/mol. The molecule has 0 aromatic heterocycles. The average Bonchev–Trinajstić information content (AvgIpc) is 3.19. The zero-order valence-corrected chi connectivity index (χ0v) is 16.8. The van der Waals surface area contributed by atoms with E-state index in [2.05, 4.69) is 10.6 Å². The molecule has 0 spiro atoms. The van der Waals surface area contributed by atoms with Crippen molar-refractivity contribution < 1.29 is 23.1 Å². The normalized spacial score (nSPS) is 15.7. The first-order valence-corrected chi connectivity index (χ1v) is 9.88. The van der Waals surface area contributed by atoms with Gasteiger partial charge in [0, 0.05) is 43.7 Å². The molecule has 8 heteroatoms. The van der Waals surface area contributed by atoms with Crippen LogP contribution in [-0.2, 0) is 4.79 Å². The molecule has 2 N–H and O–H groups in total. The van der Waals surface area contributed by atoms with Crippen LogP contribution in [0.2, 0.25) is 0 Å². The van der Waals surface area contributed by atoms with E-state index in [0.717, 1.165) is 6.07 Å². The Kier molecular flexibility index (Phi) is 7.21. The van der Waals surface area contributed by atoms with Crippen molar-refractivity contribution in [2.45, 2.75) is 25.3 Å². The number of carbonyl (C=O) groups excluding carboxylic acids is 2. The van der Waals surface area contributed by atoms with Gasteiger partial charge in [0.05, 0.1) is 12.8 Å². The highest BCUT2D eigenvalue weighted by atomic mass is 19.1. The maximum atomic E-state index is 13.9. The lowest BCUT2D eigenvalue weighted by atomic mass is 10.2. The molecule has 1 unspecified atom stereocenters. The molecular weight excluding hydrogens is 392 g/mol. The summed E-state index contributed by atoms with van der Waals surface area (Å²) in [7, 11) is 1.56. The molecule has 1 atom stereocenters. The van der Waals surface area contributed by atoms with Crippen molar-refractivity contribution in [2.75, 3.05) is 31.6 Å². The second kappa shape index (κ2) is 10.0. The van der Waals surface area contributed by atoms with Crippen LogP contribution in [0.25, 0.3) is 0 Å². The molecule has 0 bridgehead atoms. The highest BCUT2D eigenvalue weighted by Crippen LogP contribution is 2.24. The number of carbonyl (C=O) groups is 2. The Hall–Kier alpha value is -3.16. The van der Waals surface area contributed by atoms with Crippen LogP contribution in [0.3, 0.4) is 0 Å². The summed E-state index contributed by atoms with van der Waals surface area (Å²) >= 11 is 0. The maximum absolute atomic E-state index is 13.9. The lowest BCUT2D eigenvalue weighted by molar-refractivity contribution is -0.121. The number of hydrogen-bond acceptors (Lipinski definition) is 4. The van der Waals surface area contributed by atoms with Gasteiger partial charge in [-0.05, 0) is 49.2 Å². The molecule has 0 radical (unpaired) electrons. The highest BCUT2D eigenvalue weighted by molar-refractivity contribution is 5.94. The quantitative estimate of drug-likeness (QED) is 0.648. The van der Waals surface area contributed by atoms with Gasteiger partial charge in [0.1, 0.15) is 17.4 Å². The Morgan fingerprint density at radius 2 is 1.93 bits per heavy atom. The fourth-order valence-corrected chi connectivity index (χ4v) is 3.43. The Morgan fingerprint density at radius 1 is 1.17 bits per heavy atom. The summed E-state index contributed by atoms with van der Waals surface area (Å²) in [4.78, 5) is 26.0. The van der Waals surface area contributed by atoms with Crippen LogP contribution >= 0.6 is 0 Å². The minimum absolute atomic E-state index is 0.0872. The van der Waals surface area contributed by atoms with Gasteiger partial charge in [0.2, 0.25) is 5.91 Å². The number of halogens is 2. The first kappa shape index (κ1) is 21.5. The molecule has 1 heterocycles. The van der Waals surface area contributed by atoms with Crippen LogP contribution in [0.4, 0.5) is 14.5 Å². The largest absolute Gasteiger partial charge is 0.497 e. The van der Waals surface area contributed by atoms with E-state index in [1.807, 2.05) is 0 Å². The lowest BCUT2D eigenvalue weighted by Crippen LogP contribution is -2.37. The number of nitrogens with one attached hydrogen (secondary N) is 2. The van der Waals surface area contributed by atoms with E-state index in [-0.39, 0.29) is 24.3 Å². The molecule has 160 valence electrons. The van der Waals surface area contributed by atoms with Crippen molar-refractivity contribution in [1.29, 1.82) is 0 Å². The van der Waals surface area contributed by atoms with E-state index in [9.17, 15) is 18.4 Å². The third-order valence-corrected chi connectivity index (χ3v) is 5.02. The van der Waals surface area contributed by atoms with Crippen molar-refractivity contribution in [3.05, 3.63) is 59.7 Å². The van der Waals surface area contributed by atoms with Gasteiger partial charge in [-0.2, -0.15) is 0 Å². The van der Waals surface area contributed by atoms with Crippen LogP contribution in [-0.4, -0.2) is 44.6 Å². The number of ether oxygens (including phenoxy) is 1. The lowest BCUT2D eigenvalue weighted by Gasteiger charge is -2.19. The molecule has 1 saturated heterocycles. The summed E-state index contributed by atoms with van der Waals surface area (Å²) < 4.78 is 32.0. The summed E-state index contributed by atoms with van der Waals surface area (Å²) in [6.07, 6.45) is 1.48. The molecule has 3 rings (SSSR count). The van der Waals surface area contributed by atoms with E-state index in [1.165, 1.54) is 12.1 Å². The average molecular weight is 417 g/mol. The third kappa shape index (κ3) is 5.68. The molecule has 1 aliphatic heterocycles. The second-order valence-corrected chi connectivity index (χ2v) is 7.18. The van der Waals surface area contributed by atoms with Gasteiger partial charge in [-0.15, -0.1) is 0 Å². The molecule has 1 fully saturated rings. The highest BCUT2D eigenvalue weighted by Gasteiger charge is 2.25. The molecule has 2 amide bonds. The van der Waals surface area contributed by atoms with Crippen molar-refractivity contribution >= 4 is 17.5 Å². The maximum Gasteiger partial charge on any atom is 0.251 e. The zero-order chi connectivity index (χ0) is 21.5. The minimum atomic E-state index is -0.612. The summed E-state index contributed by atoms with van der Waals surface area (Å²) in [6.45, 7) is 1.45. The van der Waals surface area contributed by atoms with Gasteiger partial charge in [0.15, 0.2) is 0 Å². The topological polar surface area (TPSA) is 70.7 Å². The van der Waals surface area contributed by atoms with Crippen LogP contribution in [0, 0.1) is 11.6 Å². The van der Waals surface area contributed by atoms with E-state index in [1.54, 1.807) is 36.3 Å². The van der Waals surface area contributed by atoms with Gasteiger partial charge in [-0.3, -0.25) is 9.59 Å². The standard InChI is InChI=1S/C22H25F2N3O3/c1-30-18-7-4-15(5-8-18)22(29)25-11-2-3-21(28)26-17-10-12-27(14-17)20-9-6-16(23)13-19(20)24/h4-9,13,17H,2-3,10-12,14H2,1H3,(H,25,29)(H,26,28). The van der Waals surface area contributed by atoms with Crippen LogP contribution in [0.5, 0.6) is 5.75 Å². The number of benzene rings is 2. The van der Waals surface area contributed by atoms with Gasteiger partial charge >= 0.3 is 0 Å². The van der Waals surface area contributed by atoms with Crippen molar-refractivity contribution in [1.82, 2.24) is 10.6 Å². The number of hydrogen-bond donors (Lipinski definition) is 2. The number of amides is 2. The molecule has 2 aromatic carbocycles.